The molecule has 1 aliphatic rings. The largest absolute Gasteiger partial charge is 0.339 e. The Balaban J connectivity index is 1.91. The molecular weight excluding hydrogens is 255 g/mol. The van der Waals surface area contributed by atoms with E-state index in [2.05, 4.69) is 20.2 Å². The normalized spacial score (nSPS) is 15.9. The van der Waals surface area contributed by atoms with Crippen LogP contribution in [0.2, 0.25) is 0 Å². The summed E-state index contributed by atoms with van der Waals surface area (Å²) < 4.78 is 13.8. The number of hydrogen-bond donors (Lipinski definition) is 1. The van der Waals surface area contributed by atoms with E-state index in [1.54, 1.807) is 24.4 Å². The minimum atomic E-state index is -0.255. The van der Waals surface area contributed by atoms with Gasteiger partial charge in [0.05, 0.1) is 5.69 Å². The maximum atomic E-state index is 13.8. The molecule has 1 N–H and O–H groups in total. The van der Waals surface area contributed by atoms with Crippen molar-refractivity contribution in [2.75, 3.05) is 31.1 Å². The van der Waals surface area contributed by atoms with Crippen molar-refractivity contribution in [3.05, 3.63) is 42.3 Å². The van der Waals surface area contributed by atoms with Gasteiger partial charge in [-0.2, -0.15) is 0 Å². The fraction of sp³-hybridized carbons (Fsp3) is 0.333. The Bertz CT molecular complexity index is 580. The maximum absolute atomic E-state index is 13.8. The molecule has 1 aromatic heterocycles. The molecule has 5 heteroatoms. The van der Waals surface area contributed by atoms with Crippen LogP contribution in [-0.4, -0.2) is 36.1 Å². The number of nitrogens with zero attached hydrogens (tertiary/aromatic N) is 3. The van der Waals surface area contributed by atoms with Gasteiger partial charge in [0.2, 0.25) is 5.95 Å². The van der Waals surface area contributed by atoms with Crippen molar-refractivity contribution in [2.45, 2.75) is 6.42 Å². The first-order valence-corrected chi connectivity index (χ1v) is 6.88. The number of aromatic nitrogens is 2. The molecule has 0 aliphatic carbocycles. The third-order valence-corrected chi connectivity index (χ3v) is 3.42. The average Bonchev–Trinajstić information content (AvgIpc) is 2.77. The number of anilines is 1. The minimum absolute atomic E-state index is 0.255. The Hall–Kier alpha value is -2.01. The predicted molar refractivity (Wildman–Crippen MR) is 77.1 cm³/mol. The zero-order valence-electron chi connectivity index (χ0n) is 11.2. The Morgan fingerprint density at radius 2 is 2.00 bits per heavy atom. The highest BCUT2D eigenvalue weighted by Crippen LogP contribution is 2.22. The van der Waals surface area contributed by atoms with Crippen LogP contribution in [0.3, 0.4) is 0 Å². The van der Waals surface area contributed by atoms with Gasteiger partial charge in [-0.1, -0.05) is 12.1 Å². The van der Waals surface area contributed by atoms with E-state index in [4.69, 9.17) is 0 Å². The van der Waals surface area contributed by atoms with Crippen LogP contribution in [0.4, 0.5) is 10.3 Å². The summed E-state index contributed by atoms with van der Waals surface area (Å²) >= 11 is 0. The summed E-state index contributed by atoms with van der Waals surface area (Å²) in [6.07, 6.45) is 2.76. The second-order valence-corrected chi connectivity index (χ2v) is 4.81. The molecule has 0 amide bonds. The van der Waals surface area contributed by atoms with Crippen LogP contribution in [0, 0.1) is 5.82 Å². The number of halogens is 1. The molecule has 0 spiro atoms. The van der Waals surface area contributed by atoms with E-state index >= 15 is 0 Å². The molecule has 2 heterocycles. The van der Waals surface area contributed by atoms with Crippen molar-refractivity contribution in [1.82, 2.24) is 15.3 Å². The first-order valence-electron chi connectivity index (χ1n) is 6.88. The molecule has 104 valence electrons. The van der Waals surface area contributed by atoms with Gasteiger partial charge in [-0.15, -0.1) is 0 Å². The molecule has 0 bridgehead atoms. The van der Waals surface area contributed by atoms with Crippen LogP contribution in [0.15, 0.2) is 36.5 Å². The van der Waals surface area contributed by atoms with Crippen molar-refractivity contribution in [1.29, 1.82) is 0 Å². The Morgan fingerprint density at radius 3 is 2.90 bits per heavy atom. The Kier molecular flexibility index (Phi) is 3.87. The lowest BCUT2D eigenvalue weighted by Gasteiger charge is -2.20. The highest BCUT2D eigenvalue weighted by Gasteiger charge is 2.13. The van der Waals surface area contributed by atoms with Crippen LogP contribution in [-0.2, 0) is 0 Å². The second kappa shape index (κ2) is 5.96. The monoisotopic (exact) mass is 272 g/mol. The highest BCUT2D eigenvalue weighted by molar-refractivity contribution is 5.60. The van der Waals surface area contributed by atoms with E-state index < -0.39 is 0 Å². The summed E-state index contributed by atoms with van der Waals surface area (Å²) in [6, 6.07) is 8.44. The summed E-state index contributed by atoms with van der Waals surface area (Å²) in [6.45, 7) is 3.74. The number of nitrogens with one attached hydrogen (secondary N) is 1. The van der Waals surface area contributed by atoms with E-state index in [0.29, 0.717) is 17.2 Å². The van der Waals surface area contributed by atoms with Crippen LogP contribution >= 0.6 is 0 Å². The maximum Gasteiger partial charge on any atom is 0.225 e. The molecule has 0 atom stereocenters. The van der Waals surface area contributed by atoms with Gasteiger partial charge in [0, 0.05) is 31.4 Å². The zero-order valence-corrected chi connectivity index (χ0v) is 11.2. The van der Waals surface area contributed by atoms with E-state index in [0.717, 1.165) is 32.6 Å². The van der Waals surface area contributed by atoms with E-state index in [1.807, 2.05) is 6.07 Å². The van der Waals surface area contributed by atoms with Crippen molar-refractivity contribution >= 4 is 5.95 Å². The van der Waals surface area contributed by atoms with Gasteiger partial charge in [-0.3, -0.25) is 0 Å². The third kappa shape index (κ3) is 2.77. The lowest BCUT2D eigenvalue weighted by Crippen LogP contribution is -2.29. The molecule has 1 aliphatic heterocycles. The van der Waals surface area contributed by atoms with Crippen LogP contribution in [0.25, 0.3) is 11.3 Å². The van der Waals surface area contributed by atoms with Crippen molar-refractivity contribution in [3.63, 3.8) is 0 Å². The predicted octanol–water partition coefficient (Wildman–Crippen LogP) is 2.08. The lowest BCUT2D eigenvalue weighted by atomic mass is 10.1. The van der Waals surface area contributed by atoms with Crippen molar-refractivity contribution in [2.24, 2.45) is 0 Å². The van der Waals surface area contributed by atoms with Crippen LogP contribution in [0.1, 0.15) is 6.42 Å². The molecule has 0 radical (unpaired) electrons. The van der Waals surface area contributed by atoms with Gasteiger partial charge >= 0.3 is 0 Å². The molecule has 1 saturated heterocycles. The highest BCUT2D eigenvalue weighted by atomic mass is 19.1. The molecule has 20 heavy (non-hydrogen) atoms. The first-order chi connectivity index (χ1) is 9.84. The van der Waals surface area contributed by atoms with E-state index in [-0.39, 0.29) is 5.82 Å². The first kappa shape index (κ1) is 13.0. The van der Waals surface area contributed by atoms with Gasteiger partial charge in [0.1, 0.15) is 5.82 Å². The number of hydrogen-bond acceptors (Lipinski definition) is 4. The van der Waals surface area contributed by atoms with Gasteiger partial charge in [0.25, 0.3) is 0 Å². The minimum Gasteiger partial charge on any atom is -0.339 e. The summed E-state index contributed by atoms with van der Waals surface area (Å²) in [7, 11) is 0. The van der Waals surface area contributed by atoms with Gasteiger partial charge in [-0.25, -0.2) is 14.4 Å². The zero-order chi connectivity index (χ0) is 13.8. The Labute approximate surface area is 117 Å². The molecule has 2 aromatic rings. The average molecular weight is 272 g/mol. The van der Waals surface area contributed by atoms with E-state index in [9.17, 15) is 4.39 Å². The molecule has 0 saturated carbocycles. The number of rotatable bonds is 2. The van der Waals surface area contributed by atoms with Crippen LogP contribution in [0.5, 0.6) is 0 Å². The van der Waals surface area contributed by atoms with Gasteiger partial charge < -0.3 is 10.2 Å². The van der Waals surface area contributed by atoms with Gasteiger partial charge in [0.15, 0.2) is 0 Å². The fourth-order valence-electron chi connectivity index (χ4n) is 2.37. The fourth-order valence-corrected chi connectivity index (χ4v) is 2.37. The molecule has 4 nitrogen and oxygen atoms in total. The summed E-state index contributed by atoms with van der Waals surface area (Å²) in [5, 5.41) is 3.35. The molecule has 1 aromatic carbocycles. The van der Waals surface area contributed by atoms with E-state index in [1.165, 1.54) is 6.07 Å². The molecule has 1 fully saturated rings. The number of benzene rings is 1. The van der Waals surface area contributed by atoms with Crippen LogP contribution < -0.4 is 10.2 Å². The summed E-state index contributed by atoms with van der Waals surface area (Å²) in [5.74, 6) is 0.420. The third-order valence-electron chi connectivity index (χ3n) is 3.42. The Morgan fingerprint density at radius 1 is 1.10 bits per heavy atom. The smallest absolute Gasteiger partial charge is 0.225 e. The second-order valence-electron chi connectivity index (χ2n) is 4.81. The SMILES string of the molecule is Fc1ccccc1-c1ccnc(N2CCCNCC2)n1. The topological polar surface area (TPSA) is 41.1 Å². The molecule has 0 unspecified atom stereocenters. The standard InChI is InChI=1S/C15H17FN4/c16-13-5-2-1-4-12(13)14-6-8-18-15(19-14)20-10-3-7-17-9-11-20/h1-2,4-6,8,17H,3,7,9-11H2. The summed E-state index contributed by atoms with van der Waals surface area (Å²) in [4.78, 5) is 11.0. The van der Waals surface area contributed by atoms with Gasteiger partial charge in [-0.05, 0) is 31.2 Å². The van der Waals surface area contributed by atoms with Crippen molar-refractivity contribution in [3.8, 4) is 11.3 Å². The molecule has 3 rings (SSSR count). The quantitative estimate of drug-likeness (QED) is 0.909. The van der Waals surface area contributed by atoms with Crippen molar-refractivity contribution < 1.29 is 4.39 Å². The molecular formula is C15H17FN4. The lowest BCUT2D eigenvalue weighted by molar-refractivity contribution is 0.630. The summed E-state index contributed by atoms with van der Waals surface area (Å²) in [5.41, 5.74) is 1.15.